The van der Waals surface area contributed by atoms with Crippen molar-refractivity contribution in [1.29, 1.82) is 0 Å². The van der Waals surface area contributed by atoms with Gasteiger partial charge in [-0.1, -0.05) is 35.5 Å². The highest BCUT2D eigenvalue weighted by Crippen LogP contribution is 2.23. The Bertz CT molecular complexity index is 960. The van der Waals surface area contributed by atoms with Crippen molar-refractivity contribution in [3.8, 4) is 0 Å². The van der Waals surface area contributed by atoms with Crippen molar-refractivity contribution in [3.63, 3.8) is 0 Å². The number of esters is 1. The molecule has 0 aliphatic rings. The van der Waals surface area contributed by atoms with Crippen molar-refractivity contribution in [2.75, 3.05) is 11.1 Å². The first kappa shape index (κ1) is 20.6. The molecule has 0 bridgehead atoms. The van der Waals surface area contributed by atoms with Crippen LogP contribution in [0.3, 0.4) is 0 Å². The lowest BCUT2D eigenvalue weighted by Gasteiger charge is -2.17. The molecule has 0 saturated carbocycles. The number of amides is 1. The third kappa shape index (κ3) is 6.18. The first-order chi connectivity index (χ1) is 14.0. The fraction of sp³-hybridized carbons (Fsp3) is 0.190. The Morgan fingerprint density at radius 2 is 1.90 bits per heavy atom. The monoisotopic (exact) mass is 414 g/mol. The lowest BCUT2D eigenvalue weighted by atomic mass is 10.1. The molecule has 1 amide bonds. The Morgan fingerprint density at radius 3 is 2.55 bits per heavy atom. The van der Waals surface area contributed by atoms with Crippen LogP contribution in [0.4, 0.5) is 10.2 Å². The molecular formula is C21H19FN2O4S. The maximum Gasteiger partial charge on any atom is 0.307 e. The van der Waals surface area contributed by atoms with Gasteiger partial charge in [-0.15, -0.1) is 11.8 Å². The summed E-state index contributed by atoms with van der Waals surface area (Å²) in [6.07, 6.45) is -1.02. The SMILES string of the molecule is Cc1cc(NC(=O)C(OC(=O)CCSc2ccc(F)cc2)c2ccccc2)no1. The van der Waals surface area contributed by atoms with E-state index in [2.05, 4.69) is 10.5 Å². The van der Waals surface area contributed by atoms with Crippen LogP contribution in [0.1, 0.15) is 23.8 Å². The van der Waals surface area contributed by atoms with E-state index in [0.29, 0.717) is 17.1 Å². The van der Waals surface area contributed by atoms with Gasteiger partial charge in [-0.2, -0.15) is 0 Å². The van der Waals surface area contributed by atoms with Crippen molar-refractivity contribution in [2.45, 2.75) is 24.3 Å². The second-order valence-electron chi connectivity index (χ2n) is 6.15. The van der Waals surface area contributed by atoms with Crippen LogP contribution in [0.15, 0.2) is 70.1 Å². The lowest BCUT2D eigenvalue weighted by Crippen LogP contribution is -2.26. The number of rotatable bonds is 8. The Morgan fingerprint density at radius 1 is 1.17 bits per heavy atom. The van der Waals surface area contributed by atoms with Gasteiger partial charge in [0.05, 0.1) is 6.42 Å². The Hall–Kier alpha value is -3.13. The molecule has 0 saturated heterocycles. The van der Waals surface area contributed by atoms with Crippen LogP contribution in [0, 0.1) is 12.7 Å². The fourth-order valence-electron chi connectivity index (χ4n) is 2.49. The van der Waals surface area contributed by atoms with Crippen LogP contribution >= 0.6 is 11.8 Å². The molecule has 0 fully saturated rings. The maximum atomic E-state index is 12.9. The second kappa shape index (κ2) is 9.88. The maximum absolute atomic E-state index is 12.9. The molecule has 1 unspecified atom stereocenters. The van der Waals surface area contributed by atoms with E-state index >= 15 is 0 Å². The second-order valence-corrected chi connectivity index (χ2v) is 7.31. The van der Waals surface area contributed by atoms with Crippen LogP contribution in [0.2, 0.25) is 0 Å². The molecule has 0 spiro atoms. The van der Waals surface area contributed by atoms with E-state index in [0.717, 1.165) is 4.90 Å². The normalized spacial score (nSPS) is 11.7. The summed E-state index contributed by atoms with van der Waals surface area (Å²) in [4.78, 5) is 25.8. The van der Waals surface area contributed by atoms with E-state index < -0.39 is 18.0 Å². The van der Waals surface area contributed by atoms with E-state index in [9.17, 15) is 14.0 Å². The minimum atomic E-state index is -1.11. The van der Waals surface area contributed by atoms with Crippen molar-refractivity contribution in [3.05, 3.63) is 77.8 Å². The molecule has 29 heavy (non-hydrogen) atoms. The molecule has 8 heteroatoms. The Kier molecular flexibility index (Phi) is 7.02. The van der Waals surface area contributed by atoms with Crippen molar-refractivity contribution in [2.24, 2.45) is 0 Å². The number of nitrogens with zero attached hydrogens (tertiary/aromatic N) is 1. The summed E-state index contributed by atoms with van der Waals surface area (Å²) in [5, 5.41) is 6.32. The topological polar surface area (TPSA) is 81.4 Å². The summed E-state index contributed by atoms with van der Waals surface area (Å²) in [5.74, 6) is -0.115. The molecule has 3 aromatic rings. The minimum absolute atomic E-state index is 0.0989. The number of thioether (sulfide) groups is 1. The smallest absolute Gasteiger partial charge is 0.307 e. The molecule has 150 valence electrons. The molecule has 1 N–H and O–H groups in total. The highest BCUT2D eigenvalue weighted by molar-refractivity contribution is 7.99. The Balaban J connectivity index is 1.60. The van der Waals surface area contributed by atoms with E-state index in [1.165, 1.54) is 23.9 Å². The number of carbonyl (C=O) groups excluding carboxylic acids is 2. The fourth-order valence-corrected chi connectivity index (χ4v) is 3.32. The molecule has 0 aliphatic heterocycles. The summed E-state index contributed by atoms with van der Waals surface area (Å²) in [7, 11) is 0. The zero-order valence-corrected chi connectivity index (χ0v) is 16.4. The van der Waals surface area contributed by atoms with Gasteiger partial charge >= 0.3 is 5.97 Å². The zero-order chi connectivity index (χ0) is 20.6. The highest BCUT2D eigenvalue weighted by Gasteiger charge is 2.25. The van der Waals surface area contributed by atoms with Crippen LogP contribution in [-0.4, -0.2) is 22.8 Å². The van der Waals surface area contributed by atoms with E-state index in [-0.39, 0.29) is 18.1 Å². The zero-order valence-electron chi connectivity index (χ0n) is 15.6. The van der Waals surface area contributed by atoms with Crippen LogP contribution < -0.4 is 5.32 Å². The summed E-state index contributed by atoms with van der Waals surface area (Å²) in [6, 6.07) is 16.3. The van der Waals surface area contributed by atoms with Crippen LogP contribution in [-0.2, 0) is 14.3 Å². The molecule has 1 atom stereocenters. The van der Waals surface area contributed by atoms with Gasteiger partial charge in [0.1, 0.15) is 11.6 Å². The third-order valence-corrected chi connectivity index (χ3v) is 4.87. The first-order valence-electron chi connectivity index (χ1n) is 8.88. The average Bonchev–Trinajstić information content (AvgIpc) is 3.13. The quantitative estimate of drug-likeness (QED) is 0.431. The predicted molar refractivity (Wildman–Crippen MR) is 107 cm³/mol. The number of hydrogen-bond acceptors (Lipinski definition) is 6. The summed E-state index contributed by atoms with van der Waals surface area (Å²) < 4.78 is 23.3. The lowest BCUT2D eigenvalue weighted by molar-refractivity contribution is -0.154. The largest absolute Gasteiger partial charge is 0.447 e. The van der Waals surface area contributed by atoms with Gasteiger partial charge in [0, 0.05) is 22.3 Å². The number of halogens is 1. The standard InChI is InChI=1S/C21H19FN2O4S/c1-14-13-18(24-28-14)23-21(26)20(15-5-3-2-4-6-15)27-19(25)11-12-29-17-9-7-16(22)8-10-17/h2-10,13,20H,11-12H2,1H3,(H,23,24,26). The first-order valence-corrected chi connectivity index (χ1v) is 9.87. The van der Waals surface area contributed by atoms with Gasteiger partial charge in [-0.05, 0) is 31.2 Å². The number of anilines is 1. The van der Waals surface area contributed by atoms with Crippen molar-refractivity contribution in [1.82, 2.24) is 5.16 Å². The predicted octanol–water partition coefficient (Wildman–Crippen LogP) is 4.53. The number of aryl methyl sites for hydroxylation is 1. The minimum Gasteiger partial charge on any atom is -0.447 e. The van der Waals surface area contributed by atoms with Gasteiger partial charge < -0.3 is 14.6 Å². The van der Waals surface area contributed by atoms with Crippen LogP contribution in [0.5, 0.6) is 0 Å². The van der Waals surface area contributed by atoms with E-state index in [1.54, 1.807) is 55.5 Å². The summed E-state index contributed by atoms with van der Waals surface area (Å²) in [5.41, 5.74) is 0.546. The van der Waals surface area contributed by atoms with E-state index in [1.807, 2.05) is 0 Å². The number of carbonyl (C=O) groups is 2. The van der Waals surface area contributed by atoms with Gasteiger partial charge in [-0.3, -0.25) is 9.59 Å². The molecule has 0 radical (unpaired) electrons. The van der Waals surface area contributed by atoms with Gasteiger partial charge in [-0.25, -0.2) is 4.39 Å². The number of benzene rings is 2. The molecule has 1 heterocycles. The molecular weight excluding hydrogens is 395 g/mol. The van der Waals surface area contributed by atoms with Crippen molar-refractivity contribution >= 4 is 29.5 Å². The number of aromatic nitrogens is 1. The highest BCUT2D eigenvalue weighted by atomic mass is 32.2. The van der Waals surface area contributed by atoms with Gasteiger partial charge in [0.2, 0.25) is 6.10 Å². The van der Waals surface area contributed by atoms with Gasteiger partial charge in [0.25, 0.3) is 5.91 Å². The number of hydrogen-bond donors (Lipinski definition) is 1. The Labute approximate surface area is 171 Å². The molecule has 3 rings (SSSR count). The van der Waals surface area contributed by atoms with E-state index in [4.69, 9.17) is 9.26 Å². The van der Waals surface area contributed by atoms with Gasteiger partial charge in [0.15, 0.2) is 5.82 Å². The average molecular weight is 414 g/mol. The number of ether oxygens (including phenoxy) is 1. The molecule has 1 aromatic heterocycles. The summed E-state index contributed by atoms with van der Waals surface area (Å²) >= 11 is 1.40. The molecule has 2 aromatic carbocycles. The van der Waals surface area contributed by atoms with Crippen LogP contribution in [0.25, 0.3) is 0 Å². The third-order valence-electron chi connectivity index (χ3n) is 3.86. The molecule has 0 aliphatic carbocycles. The summed E-state index contributed by atoms with van der Waals surface area (Å²) in [6.45, 7) is 1.70. The number of nitrogens with one attached hydrogen (secondary N) is 1. The molecule has 6 nitrogen and oxygen atoms in total. The van der Waals surface area contributed by atoms with Crippen molar-refractivity contribution < 1.29 is 23.2 Å².